The summed E-state index contributed by atoms with van der Waals surface area (Å²) in [4.78, 5) is 11.7. The van der Waals surface area contributed by atoms with Gasteiger partial charge in [0, 0.05) is 19.2 Å². The maximum atomic E-state index is 11.7. The van der Waals surface area contributed by atoms with Crippen LogP contribution in [0.15, 0.2) is 0 Å². The van der Waals surface area contributed by atoms with Gasteiger partial charge >= 0.3 is 0 Å². The number of methoxy groups -OCH3 is 1. The van der Waals surface area contributed by atoms with Crippen LogP contribution in [0.25, 0.3) is 0 Å². The first-order chi connectivity index (χ1) is 7.52. The predicted molar refractivity (Wildman–Crippen MR) is 64.3 cm³/mol. The van der Waals surface area contributed by atoms with Crippen molar-refractivity contribution >= 4 is 5.91 Å². The van der Waals surface area contributed by atoms with Crippen molar-refractivity contribution in [2.75, 3.05) is 7.11 Å². The number of hydrogen-bond donors (Lipinski definition) is 2. The molecule has 1 amide bonds. The van der Waals surface area contributed by atoms with Crippen molar-refractivity contribution < 1.29 is 9.53 Å². The van der Waals surface area contributed by atoms with Gasteiger partial charge in [0.2, 0.25) is 5.91 Å². The molecule has 3 unspecified atom stereocenters. The number of rotatable bonds is 5. The minimum absolute atomic E-state index is 0.0795. The second-order valence-corrected chi connectivity index (χ2v) is 4.92. The summed E-state index contributed by atoms with van der Waals surface area (Å²) in [7, 11) is 1.75. The van der Waals surface area contributed by atoms with Crippen molar-refractivity contribution in [3.63, 3.8) is 0 Å². The lowest BCUT2D eigenvalue weighted by molar-refractivity contribution is -0.123. The Bertz CT molecular complexity index is 231. The molecular formula is C12H24N2O2. The quantitative estimate of drug-likeness (QED) is 0.739. The molecule has 0 spiro atoms. The third-order valence-electron chi connectivity index (χ3n) is 3.03. The van der Waals surface area contributed by atoms with Gasteiger partial charge in [0.1, 0.15) is 0 Å². The maximum Gasteiger partial charge on any atom is 0.237 e. The molecular weight excluding hydrogens is 204 g/mol. The van der Waals surface area contributed by atoms with Gasteiger partial charge in [-0.15, -0.1) is 0 Å². The molecule has 0 aliphatic heterocycles. The van der Waals surface area contributed by atoms with Crippen molar-refractivity contribution in [1.82, 2.24) is 10.6 Å². The standard InChI is InChI=1S/C12H24N2O2/c1-8(2)13-12(15)9(3)14-10-5-6-11(7-10)16-4/h8-11,14H,5-7H2,1-4H3,(H,13,15). The van der Waals surface area contributed by atoms with E-state index in [1.165, 1.54) is 0 Å². The molecule has 4 heteroatoms. The largest absolute Gasteiger partial charge is 0.381 e. The van der Waals surface area contributed by atoms with Crippen molar-refractivity contribution in [3.8, 4) is 0 Å². The van der Waals surface area contributed by atoms with Gasteiger partial charge in [0.25, 0.3) is 0 Å². The average molecular weight is 228 g/mol. The van der Waals surface area contributed by atoms with E-state index < -0.39 is 0 Å². The molecule has 4 nitrogen and oxygen atoms in total. The molecule has 1 aliphatic carbocycles. The summed E-state index contributed by atoms with van der Waals surface area (Å²) in [5.41, 5.74) is 0. The van der Waals surface area contributed by atoms with Gasteiger partial charge in [-0.1, -0.05) is 0 Å². The van der Waals surface area contributed by atoms with Crippen LogP contribution in [0.3, 0.4) is 0 Å². The zero-order valence-corrected chi connectivity index (χ0v) is 10.7. The molecule has 0 radical (unpaired) electrons. The summed E-state index contributed by atoms with van der Waals surface area (Å²) in [6.07, 6.45) is 3.55. The van der Waals surface area contributed by atoms with Crippen LogP contribution in [0.5, 0.6) is 0 Å². The Morgan fingerprint density at radius 3 is 2.50 bits per heavy atom. The van der Waals surface area contributed by atoms with Gasteiger partial charge in [-0.2, -0.15) is 0 Å². The summed E-state index contributed by atoms with van der Waals surface area (Å²) < 4.78 is 5.31. The highest BCUT2D eigenvalue weighted by atomic mass is 16.5. The number of amides is 1. The minimum atomic E-state index is -0.122. The third-order valence-corrected chi connectivity index (χ3v) is 3.03. The normalized spacial score (nSPS) is 27.1. The fraction of sp³-hybridized carbons (Fsp3) is 0.917. The lowest BCUT2D eigenvalue weighted by Gasteiger charge is -2.20. The van der Waals surface area contributed by atoms with Crippen LogP contribution >= 0.6 is 0 Å². The van der Waals surface area contributed by atoms with Gasteiger partial charge < -0.3 is 15.4 Å². The molecule has 94 valence electrons. The van der Waals surface area contributed by atoms with E-state index in [-0.39, 0.29) is 18.0 Å². The molecule has 0 aromatic heterocycles. The zero-order chi connectivity index (χ0) is 12.1. The molecule has 16 heavy (non-hydrogen) atoms. The first kappa shape index (κ1) is 13.5. The first-order valence-corrected chi connectivity index (χ1v) is 6.12. The van der Waals surface area contributed by atoms with E-state index in [1.807, 2.05) is 20.8 Å². The second kappa shape index (κ2) is 6.21. The number of nitrogens with one attached hydrogen (secondary N) is 2. The van der Waals surface area contributed by atoms with E-state index in [0.717, 1.165) is 19.3 Å². The molecule has 0 aromatic rings. The van der Waals surface area contributed by atoms with Crippen molar-refractivity contribution in [2.45, 2.75) is 64.3 Å². The van der Waals surface area contributed by atoms with E-state index in [0.29, 0.717) is 12.1 Å². The Labute approximate surface area is 98.1 Å². The molecule has 1 saturated carbocycles. The number of carbonyl (C=O) groups is 1. The Morgan fingerprint density at radius 2 is 2.00 bits per heavy atom. The molecule has 0 aromatic carbocycles. The summed E-state index contributed by atoms with van der Waals surface area (Å²) >= 11 is 0. The van der Waals surface area contributed by atoms with Crippen LogP contribution in [0, 0.1) is 0 Å². The fourth-order valence-corrected chi connectivity index (χ4v) is 2.14. The molecule has 0 saturated heterocycles. The predicted octanol–water partition coefficient (Wildman–Crippen LogP) is 1.06. The molecule has 0 bridgehead atoms. The summed E-state index contributed by atoms with van der Waals surface area (Å²) in [5.74, 6) is 0.0795. The Morgan fingerprint density at radius 1 is 1.31 bits per heavy atom. The first-order valence-electron chi connectivity index (χ1n) is 6.12. The third kappa shape index (κ3) is 4.10. The van der Waals surface area contributed by atoms with Gasteiger partial charge in [-0.25, -0.2) is 0 Å². The van der Waals surface area contributed by atoms with Gasteiger partial charge in [0.05, 0.1) is 12.1 Å². The highest BCUT2D eigenvalue weighted by Gasteiger charge is 2.26. The molecule has 1 fully saturated rings. The van der Waals surface area contributed by atoms with Crippen LogP contribution in [-0.2, 0) is 9.53 Å². The SMILES string of the molecule is COC1CCC(NC(C)C(=O)NC(C)C)C1. The molecule has 1 rings (SSSR count). The summed E-state index contributed by atoms with van der Waals surface area (Å²) in [6.45, 7) is 5.86. The van der Waals surface area contributed by atoms with E-state index in [9.17, 15) is 4.79 Å². The van der Waals surface area contributed by atoms with E-state index in [4.69, 9.17) is 4.74 Å². The van der Waals surface area contributed by atoms with E-state index in [2.05, 4.69) is 10.6 Å². The van der Waals surface area contributed by atoms with Crippen LogP contribution in [0.4, 0.5) is 0 Å². The average Bonchev–Trinajstić information content (AvgIpc) is 2.64. The zero-order valence-electron chi connectivity index (χ0n) is 10.7. The van der Waals surface area contributed by atoms with Crippen molar-refractivity contribution in [2.24, 2.45) is 0 Å². The van der Waals surface area contributed by atoms with Gasteiger partial charge in [0.15, 0.2) is 0 Å². The van der Waals surface area contributed by atoms with E-state index >= 15 is 0 Å². The van der Waals surface area contributed by atoms with Crippen LogP contribution in [-0.4, -0.2) is 37.2 Å². The Kier molecular flexibility index (Phi) is 5.22. The van der Waals surface area contributed by atoms with Gasteiger partial charge in [-0.3, -0.25) is 4.79 Å². The fourth-order valence-electron chi connectivity index (χ4n) is 2.14. The smallest absolute Gasteiger partial charge is 0.237 e. The number of hydrogen-bond acceptors (Lipinski definition) is 3. The Hall–Kier alpha value is -0.610. The lowest BCUT2D eigenvalue weighted by atomic mass is 10.2. The monoisotopic (exact) mass is 228 g/mol. The van der Waals surface area contributed by atoms with Crippen LogP contribution in [0.1, 0.15) is 40.0 Å². The Balaban J connectivity index is 2.29. The van der Waals surface area contributed by atoms with Crippen LogP contribution < -0.4 is 10.6 Å². The minimum Gasteiger partial charge on any atom is -0.381 e. The van der Waals surface area contributed by atoms with E-state index in [1.54, 1.807) is 7.11 Å². The highest BCUT2D eigenvalue weighted by Crippen LogP contribution is 2.21. The topological polar surface area (TPSA) is 50.4 Å². The molecule has 0 heterocycles. The van der Waals surface area contributed by atoms with Crippen LogP contribution in [0.2, 0.25) is 0 Å². The molecule has 3 atom stereocenters. The van der Waals surface area contributed by atoms with Gasteiger partial charge in [-0.05, 0) is 40.0 Å². The summed E-state index contributed by atoms with van der Waals surface area (Å²) in [6, 6.07) is 0.493. The second-order valence-electron chi connectivity index (χ2n) is 4.92. The van der Waals surface area contributed by atoms with Crippen molar-refractivity contribution in [3.05, 3.63) is 0 Å². The molecule has 1 aliphatic rings. The number of ether oxygens (including phenoxy) is 1. The maximum absolute atomic E-state index is 11.7. The number of carbonyl (C=O) groups excluding carboxylic acids is 1. The molecule has 2 N–H and O–H groups in total. The lowest BCUT2D eigenvalue weighted by Crippen LogP contribution is -2.47. The summed E-state index contributed by atoms with van der Waals surface area (Å²) in [5, 5.41) is 6.27. The van der Waals surface area contributed by atoms with Crippen molar-refractivity contribution in [1.29, 1.82) is 0 Å². The highest BCUT2D eigenvalue weighted by molar-refractivity contribution is 5.81.